The van der Waals surface area contributed by atoms with Crippen molar-refractivity contribution in [3.63, 3.8) is 0 Å². The molecule has 118 valence electrons. The number of nitrogens with zero attached hydrogens (tertiary/aromatic N) is 3. The number of aromatic nitrogens is 2. The molecule has 3 N–H and O–H groups in total. The summed E-state index contributed by atoms with van der Waals surface area (Å²) in [7, 11) is 1.61. The molecule has 0 atom stereocenters. The van der Waals surface area contributed by atoms with Crippen LogP contribution in [0.5, 0.6) is 5.88 Å². The first-order valence-electron chi connectivity index (χ1n) is 7.62. The van der Waals surface area contributed by atoms with E-state index in [0.717, 1.165) is 42.7 Å². The number of piperidine rings is 1. The van der Waals surface area contributed by atoms with Gasteiger partial charge in [-0.3, -0.25) is 4.98 Å². The van der Waals surface area contributed by atoms with E-state index in [0.29, 0.717) is 18.8 Å². The van der Waals surface area contributed by atoms with Crippen LogP contribution in [0.1, 0.15) is 19.3 Å². The number of hydrogen-bond acceptors (Lipinski definition) is 6. The van der Waals surface area contributed by atoms with Crippen molar-refractivity contribution in [2.75, 3.05) is 31.6 Å². The number of rotatable bonds is 4. The minimum Gasteiger partial charge on any atom is -0.481 e. The predicted molar refractivity (Wildman–Crippen MR) is 86.2 cm³/mol. The van der Waals surface area contributed by atoms with E-state index >= 15 is 0 Å². The van der Waals surface area contributed by atoms with Crippen molar-refractivity contribution < 1.29 is 9.84 Å². The van der Waals surface area contributed by atoms with Gasteiger partial charge in [-0.2, -0.15) is 0 Å². The standard InChI is InChI=1S/C16H22N4O2/c1-22-14-3-2-12-15(19-14)13(4-9-18-12)20-10-6-16(21,5-8-17)7-11-20/h2-4,9,21H,5-8,10-11,17H2,1H3. The number of pyridine rings is 2. The lowest BCUT2D eigenvalue weighted by atomic mass is 9.88. The summed E-state index contributed by atoms with van der Waals surface area (Å²) in [5, 5.41) is 10.5. The predicted octanol–water partition coefficient (Wildman–Crippen LogP) is 1.32. The van der Waals surface area contributed by atoms with Gasteiger partial charge in [-0.1, -0.05) is 0 Å². The van der Waals surface area contributed by atoms with Crippen LogP contribution < -0.4 is 15.4 Å². The number of hydrogen-bond donors (Lipinski definition) is 2. The molecule has 1 aliphatic heterocycles. The molecule has 0 aliphatic carbocycles. The van der Waals surface area contributed by atoms with Gasteiger partial charge in [0.1, 0.15) is 5.52 Å². The Hall–Kier alpha value is -1.92. The van der Waals surface area contributed by atoms with Crippen LogP contribution in [0.3, 0.4) is 0 Å². The zero-order valence-corrected chi connectivity index (χ0v) is 12.8. The molecule has 0 saturated carbocycles. The minimum atomic E-state index is -0.626. The first-order chi connectivity index (χ1) is 10.6. The van der Waals surface area contributed by atoms with E-state index in [4.69, 9.17) is 10.5 Å². The number of ether oxygens (including phenoxy) is 1. The number of anilines is 1. The van der Waals surface area contributed by atoms with Crippen LogP contribution in [-0.2, 0) is 0 Å². The highest BCUT2D eigenvalue weighted by atomic mass is 16.5. The van der Waals surface area contributed by atoms with Crippen molar-refractivity contribution in [2.45, 2.75) is 24.9 Å². The van der Waals surface area contributed by atoms with Gasteiger partial charge in [0, 0.05) is 25.4 Å². The van der Waals surface area contributed by atoms with Crippen LogP contribution >= 0.6 is 0 Å². The smallest absolute Gasteiger partial charge is 0.213 e. The third-order valence-corrected chi connectivity index (χ3v) is 4.39. The molecule has 1 saturated heterocycles. The zero-order chi connectivity index (χ0) is 15.6. The minimum absolute atomic E-state index is 0.521. The van der Waals surface area contributed by atoms with Gasteiger partial charge < -0.3 is 20.5 Å². The molecule has 3 heterocycles. The molecule has 2 aromatic rings. The maximum Gasteiger partial charge on any atom is 0.213 e. The van der Waals surface area contributed by atoms with Crippen molar-refractivity contribution >= 4 is 16.7 Å². The highest BCUT2D eigenvalue weighted by molar-refractivity contribution is 5.88. The van der Waals surface area contributed by atoms with Crippen LogP contribution in [0.25, 0.3) is 11.0 Å². The maximum absolute atomic E-state index is 10.5. The quantitative estimate of drug-likeness (QED) is 0.886. The molecule has 0 bridgehead atoms. The largest absolute Gasteiger partial charge is 0.481 e. The van der Waals surface area contributed by atoms with E-state index in [1.165, 1.54) is 0 Å². The summed E-state index contributed by atoms with van der Waals surface area (Å²) in [6.45, 7) is 2.09. The Balaban J connectivity index is 1.88. The Kier molecular flexibility index (Phi) is 4.13. The molecule has 1 fully saturated rings. The summed E-state index contributed by atoms with van der Waals surface area (Å²) in [5.41, 5.74) is 7.69. The topological polar surface area (TPSA) is 84.5 Å². The third kappa shape index (κ3) is 2.84. The number of aliphatic hydroxyl groups is 1. The Labute approximate surface area is 129 Å². The van der Waals surface area contributed by atoms with Crippen molar-refractivity contribution in [3.8, 4) is 5.88 Å². The van der Waals surface area contributed by atoms with Gasteiger partial charge in [-0.15, -0.1) is 0 Å². The number of fused-ring (bicyclic) bond motifs is 1. The molecule has 2 aromatic heterocycles. The van der Waals surface area contributed by atoms with Gasteiger partial charge in [0.25, 0.3) is 0 Å². The number of nitrogens with two attached hydrogens (primary N) is 1. The molecule has 3 rings (SSSR count). The molecule has 0 unspecified atom stereocenters. The van der Waals surface area contributed by atoms with Gasteiger partial charge in [-0.05, 0) is 37.9 Å². The van der Waals surface area contributed by atoms with E-state index < -0.39 is 5.60 Å². The van der Waals surface area contributed by atoms with E-state index in [1.807, 2.05) is 18.2 Å². The van der Waals surface area contributed by atoms with Crippen LogP contribution in [0.15, 0.2) is 24.4 Å². The van der Waals surface area contributed by atoms with Gasteiger partial charge in [0.05, 0.1) is 23.9 Å². The fourth-order valence-corrected chi connectivity index (χ4v) is 3.05. The van der Waals surface area contributed by atoms with Crippen molar-refractivity contribution in [2.24, 2.45) is 5.73 Å². The lowest BCUT2D eigenvalue weighted by Crippen LogP contribution is -2.45. The Morgan fingerprint density at radius 3 is 2.77 bits per heavy atom. The second kappa shape index (κ2) is 6.06. The van der Waals surface area contributed by atoms with Crippen LogP contribution in [0.2, 0.25) is 0 Å². The van der Waals surface area contributed by atoms with Gasteiger partial charge >= 0.3 is 0 Å². The average Bonchev–Trinajstić information content (AvgIpc) is 2.55. The Bertz CT molecular complexity index is 654. The molecular formula is C16H22N4O2. The van der Waals surface area contributed by atoms with Crippen molar-refractivity contribution in [3.05, 3.63) is 24.4 Å². The van der Waals surface area contributed by atoms with Gasteiger partial charge in [0.2, 0.25) is 5.88 Å². The lowest BCUT2D eigenvalue weighted by Gasteiger charge is -2.39. The molecule has 0 spiro atoms. The maximum atomic E-state index is 10.5. The SMILES string of the molecule is COc1ccc2nccc(N3CCC(O)(CCN)CC3)c2n1. The van der Waals surface area contributed by atoms with E-state index in [-0.39, 0.29) is 0 Å². The van der Waals surface area contributed by atoms with Crippen LogP contribution in [0, 0.1) is 0 Å². The first-order valence-corrected chi connectivity index (χ1v) is 7.62. The molecule has 0 aromatic carbocycles. The molecule has 22 heavy (non-hydrogen) atoms. The van der Waals surface area contributed by atoms with Crippen LogP contribution in [0.4, 0.5) is 5.69 Å². The molecule has 0 amide bonds. The molecule has 1 aliphatic rings. The van der Waals surface area contributed by atoms with Crippen molar-refractivity contribution in [1.82, 2.24) is 9.97 Å². The zero-order valence-electron chi connectivity index (χ0n) is 12.8. The number of methoxy groups -OCH3 is 1. The summed E-state index contributed by atoms with van der Waals surface area (Å²) in [4.78, 5) is 11.1. The summed E-state index contributed by atoms with van der Waals surface area (Å²) < 4.78 is 5.22. The van der Waals surface area contributed by atoms with E-state index in [9.17, 15) is 5.11 Å². The average molecular weight is 302 g/mol. The fourth-order valence-electron chi connectivity index (χ4n) is 3.05. The third-order valence-electron chi connectivity index (χ3n) is 4.39. The van der Waals surface area contributed by atoms with Crippen molar-refractivity contribution in [1.29, 1.82) is 0 Å². The van der Waals surface area contributed by atoms with E-state index in [2.05, 4.69) is 14.9 Å². The molecular weight excluding hydrogens is 280 g/mol. The summed E-state index contributed by atoms with van der Waals surface area (Å²) >= 11 is 0. The highest BCUT2D eigenvalue weighted by Crippen LogP contribution is 2.31. The second-order valence-electron chi connectivity index (χ2n) is 5.80. The molecule has 0 radical (unpaired) electrons. The lowest BCUT2D eigenvalue weighted by molar-refractivity contribution is 0.0104. The Morgan fingerprint density at radius 1 is 1.32 bits per heavy atom. The molecule has 6 nitrogen and oxygen atoms in total. The normalized spacial score (nSPS) is 17.7. The van der Waals surface area contributed by atoms with E-state index in [1.54, 1.807) is 13.3 Å². The Morgan fingerprint density at radius 2 is 2.09 bits per heavy atom. The fraction of sp³-hybridized carbons (Fsp3) is 0.500. The van der Waals surface area contributed by atoms with Gasteiger partial charge in [-0.25, -0.2) is 4.98 Å². The monoisotopic (exact) mass is 302 g/mol. The van der Waals surface area contributed by atoms with Crippen LogP contribution in [-0.4, -0.2) is 47.4 Å². The summed E-state index contributed by atoms with van der Waals surface area (Å²) in [6, 6.07) is 5.71. The summed E-state index contributed by atoms with van der Waals surface area (Å²) in [5.74, 6) is 0.582. The highest BCUT2D eigenvalue weighted by Gasteiger charge is 2.32. The second-order valence-corrected chi connectivity index (χ2v) is 5.80. The summed E-state index contributed by atoms with van der Waals surface area (Å²) in [6.07, 6.45) is 3.90. The first kappa shape index (κ1) is 15.0. The van der Waals surface area contributed by atoms with Gasteiger partial charge in [0.15, 0.2) is 0 Å². The molecule has 6 heteroatoms.